The van der Waals surface area contributed by atoms with E-state index >= 15 is 0 Å². The molecule has 5 nitrogen and oxygen atoms in total. The van der Waals surface area contributed by atoms with Gasteiger partial charge in [0, 0.05) is 29.7 Å². The van der Waals surface area contributed by atoms with Gasteiger partial charge in [-0.1, -0.05) is 29.3 Å². The van der Waals surface area contributed by atoms with Gasteiger partial charge in [-0.15, -0.1) is 0 Å². The monoisotopic (exact) mass is 405 g/mol. The van der Waals surface area contributed by atoms with Gasteiger partial charge in [0.1, 0.15) is 11.5 Å². The zero-order chi connectivity index (χ0) is 19.0. The quantitative estimate of drug-likeness (QED) is 0.777. The summed E-state index contributed by atoms with van der Waals surface area (Å²) in [6.07, 6.45) is 1.59. The Hall–Kier alpha value is -2.05. The van der Waals surface area contributed by atoms with E-state index in [1.54, 1.807) is 30.3 Å². The lowest BCUT2D eigenvalue weighted by molar-refractivity contribution is 0.0336. The maximum atomic E-state index is 12.8. The first-order valence-electron chi connectivity index (χ1n) is 8.57. The third-order valence-electron chi connectivity index (χ3n) is 4.65. The minimum Gasteiger partial charge on any atom is -0.507 e. The highest BCUT2D eigenvalue weighted by Crippen LogP contribution is 2.40. The summed E-state index contributed by atoms with van der Waals surface area (Å²) in [4.78, 5) is 14.9. The summed E-state index contributed by atoms with van der Waals surface area (Å²) >= 11 is 12.1. The number of hydrogen-bond donors (Lipinski definition) is 1. The van der Waals surface area contributed by atoms with Crippen molar-refractivity contribution in [1.29, 1.82) is 0 Å². The van der Waals surface area contributed by atoms with Gasteiger partial charge in [0.25, 0.3) is 0 Å². The molecule has 2 aliphatic heterocycles. The maximum Gasteiger partial charge on any atom is 0.231 e. The van der Waals surface area contributed by atoms with Crippen molar-refractivity contribution in [3.05, 3.63) is 62.8 Å². The number of carbonyl (C=O) groups excluding carboxylic acids is 1. The number of halogens is 2. The molecule has 1 fully saturated rings. The SMILES string of the molecule is O=C1/C(=C/c2ccc(Cl)cc2Cl)Oc2c1ccc(O)c2CN1CCOCC1. The molecule has 0 saturated carbocycles. The number of morpholine rings is 1. The highest BCUT2D eigenvalue weighted by Gasteiger charge is 2.32. The third kappa shape index (κ3) is 3.69. The van der Waals surface area contributed by atoms with Gasteiger partial charge in [0.15, 0.2) is 5.76 Å². The molecule has 4 rings (SSSR count). The van der Waals surface area contributed by atoms with Crippen molar-refractivity contribution >= 4 is 35.1 Å². The van der Waals surface area contributed by atoms with Crippen LogP contribution in [0, 0.1) is 0 Å². The molecule has 0 aromatic heterocycles. The van der Waals surface area contributed by atoms with Crippen LogP contribution in [0.1, 0.15) is 21.5 Å². The van der Waals surface area contributed by atoms with Gasteiger partial charge in [-0.25, -0.2) is 0 Å². The van der Waals surface area contributed by atoms with Gasteiger partial charge in [-0.3, -0.25) is 9.69 Å². The second kappa shape index (κ2) is 7.52. The number of ketones is 1. The molecule has 2 heterocycles. The number of aromatic hydroxyl groups is 1. The predicted octanol–water partition coefficient (Wildman–Crippen LogP) is 4.15. The van der Waals surface area contributed by atoms with Crippen molar-refractivity contribution in [3.63, 3.8) is 0 Å². The van der Waals surface area contributed by atoms with Crippen LogP contribution in [0.5, 0.6) is 11.5 Å². The number of benzene rings is 2. The molecule has 2 aromatic carbocycles. The number of phenols is 1. The lowest BCUT2D eigenvalue weighted by atomic mass is 10.0. The second-order valence-electron chi connectivity index (χ2n) is 6.43. The maximum absolute atomic E-state index is 12.8. The molecule has 0 aliphatic carbocycles. The lowest BCUT2D eigenvalue weighted by Crippen LogP contribution is -2.35. The molecule has 140 valence electrons. The number of rotatable bonds is 3. The summed E-state index contributed by atoms with van der Waals surface area (Å²) in [6.45, 7) is 3.31. The first-order valence-corrected chi connectivity index (χ1v) is 9.33. The van der Waals surface area contributed by atoms with E-state index in [1.165, 1.54) is 6.07 Å². The first-order chi connectivity index (χ1) is 13.0. The normalized spacial score (nSPS) is 18.6. The summed E-state index contributed by atoms with van der Waals surface area (Å²) in [5, 5.41) is 11.3. The van der Waals surface area contributed by atoms with E-state index in [-0.39, 0.29) is 17.3 Å². The average molecular weight is 406 g/mol. The van der Waals surface area contributed by atoms with Gasteiger partial charge in [0.2, 0.25) is 5.78 Å². The Morgan fingerprint density at radius 1 is 1.15 bits per heavy atom. The summed E-state index contributed by atoms with van der Waals surface area (Å²) in [7, 11) is 0. The number of nitrogens with zero attached hydrogens (tertiary/aromatic N) is 1. The van der Waals surface area contributed by atoms with Crippen molar-refractivity contribution in [2.75, 3.05) is 26.3 Å². The molecule has 27 heavy (non-hydrogen) atoms. The number of fused-ring (bicyclic) bond motifs is 1. The van der Waals surface area contributed by atoms with Crippen molar-refractivity contribution in [2.45, 2.75) is 6.54 Å². The Balaban J connectivity index is 1.67. The fourth-order valence-corrected chi connectivity index (χ4v) is 3.66. The summed E-state index contributed by atoms with van der Waals surface area (Å²) in [5.41, 5.74) is 1.68. The van der Waals surface area contributed by atoms with Crippen LogP contribution in [0.3, 0.4) is 0 Å². The van der Waals surface area contributed by atoms with Gasteiger partial charge in [-0.05, 0) is 35.9 Å². The summed E-state index contributed by atoms with van der Waals surface area (Å²) < 4.78 is 11.2. The summed E-state index contributed by atoms with van der Waals surface area (Å²) in [6, 6.07) is 8.15. The molecular formula is C20H17Cl2NO4. The Labute approximate surface area is 166 Å². The molecule has 1 saturated heterocycles. The van der Waals surface area contributed by atoms with Crippen LogP contribution in [0.2, 0.25) is 10.0 Å². The molecule has 7 heteroatoms. The van der Waals surface area contributed by atoms with E-state index in [2.05, 4.69) is 4.90 Å². The molecule has 0 atom stereocenters. The minimum atomic E-state index is -0.237. The van der Waals surface area contributed by atoms with Crippen molar-refractivity contribution in [2.24, 2.45) is 0 Å². The van der Waals surface area contributed by atoms with Crippen molar-refractivity contribution in [1.82, 2.24) is 4.90 Å². The molecule has 2 aromatic rings. The van der Waals surface area contributed by atoms with E-state index < -0.39 is 0 Å². The molecule has 2 aliphatic rings. The largest absolute Gasteiger partial charge is 0.507 e. The van der Waals surface area contributed by atoms with Crippen molar-refractivity contribution in [3.8, 4) is 11.5 Å². The molecule has 0 spiro atoms. The van der Waals surface area contributed by atoms with Crippen LogP contribution in [-0.2, 0) is 11.3 Å². The van der Waals surface area contributed by atoms with E-state index in [0.717, 1.165) is 13.1 Å². The number of hydrogen-bond acceptors (Lipinski definition) is 5. The first kappa shape index (κ1) is 18.3. The van der Waals surface area contributed by atoms with Crippen molar-refractivity contribution < 1.29 is 19.4 Å². The molecule has 0 unspecified atom stereocenters. The molecular weight excluding hydrogens is 389 g/mol. The number of Topliss-reactive ketones (excluding diaryl/α,β-unsaturated/α-hetero) is 1. The number of carbonyl (C=O) groups is 1. The molecule has 0 radical (unpaired) electrons. The van der Waals surface area contributed by atoms with Crippen LogP contribution in [0.15, 0.2) is 36.1 Å². The smallest absolute Gasteiger partial charge is 0.231 e. The molecule has 0 bridgehead atoms. The number of phenolic OH excluding ortho intramolecular Hbond substituents is 1. The fraction of sp³-hybridized carbons (Fsp3) is 0.250. The third-order valence-corrected chi connectivity index (χ3v) is 5.21. The van der Waals surface area contributed by atoms with Gasteiger partial charge in [-0.2, -0.15) is 0 Å². The molecule has 0 amide bonds. The fourth-order valence-electron chi connectivity index (χ4n) is 3.19. The molecule has 1 N–H and O–H groups in total. The minimum absolute atomic E-state index is 0.110. The predicted molar refractivity (Wildman–Crippen MR) is 104 cm³/mol. The highest BCUT2D eigenvalue weighted by molar-refractivity contribution is 6.35. The summed E-state index contributed by atoms with van der Waals surface area (Å²) in [5.74, 6) is 0.448. The van der Waals surface area contributed by atoms with Crippen LogP contribution in [0.4, 0.5) is 0 Å². The standard InChI is InChI=1S/C20H17Cl2NO4/c21-13-2-1-12(16(22)10-13)9-18-19(25)14-3-4-17(24)15(20(14)27-18)11-23-5-7-26-8-6-23/h1-4,9-10,24H,5-8,11H2/b18-9-. The Morgan fingerprint density at radius 2 is 1.93 bits per heavy atom. The van der Waals surface area contributed by atoms with E-state index in [0.29, 0.717) is 52.2 Å². The van der Waals surface area contributed by atoms with Crippen LogP contribution >= 0.6 is 23.2 Å². The Morgan fingerprint density at radius 3 is 2.67 bits per heavy atom. The van der Waals surface area contributed by atoms with Crippen LogP contribution in [0.25, 0.3) is 6.08 Å². The zero-order valence-electron chi connectivity index (χ0n) is 14.4. The van der Waals surface area contributed by atoms with Gasteiger partial charge < -0.3 is 14.6 Å². The topological polar surface area (TPSA) is 59.0 Å². The van der Waals surface area contributed by atoms with E-state index in [1.807, 2.05) is 0 Å². The number of allylic oxidation sites excluding steroid dienone is 1. The van der Waals surface area contributed by atoms with E-state index in [9.17, 15) is 9.90 Å². The second-order valence-corrected chi connectivity index (χ2v) is 7.28. The highest BCUT2D eigenvalue weighted by atomic mass is 35.5. The van der Waals surface area contributed by atoms with Gasteiger partial charge in [0.05, 0.1) is 24.3 Å². The lowest BCUT2D eigenvalue weighted by Gasteiger charge is -2.27. The van der Waals surface area contributed by atoms with E-state index in [4.69, 9.17) is 32.7 Å². The van der Waals surface area contributed by atoms with Crippen LogP contribution < -0.4 is 4.74 Å². The van der Waals surface area contributed by atoms with Gasteiger partial charge >= 0.3 is 0 Å². The Kier molecular flexibility index (Phi) is 5.10. The average Bonchev–Trinajstić information content (AvgIpc) is 2.97. The van der Waals surface area contributed by atoms with Crippen LogP contribution in [-0.4, -0.2) is 42.1 Å². The number of ether oxygens (including phenoxy) is 2. The Bertz CT molecular complexity index is 936. The zero-order valence-corrected chi connectivity index (χ0v) is 15.9.